The third kappa shape index (κ3) is 3.97. The van der Waals surface area contributed by atoms with Gasteiger partial charge >= 0.3 is 5.97 Å². The van der Waals surface area contributed by atoms with Crippen molar-refractivity contribution in [1.82, 2.24) is 0 Å². The molecule has 1 atom stereocenters. The van der Waals surface area contributed by atoms with Crippen LogP contribution < -0.4 is 10.5 Å². The van der Waals surface area contributed by atoms with Gasteiger partial charge in [0.15, 0.2) is 0 Å². The third-order valence-corrected chi connectivity index (χ3v) is 3.71. The number of benzene rings is 1. The first-order valence-electron chi connectivity index (χ1n) is 7.12. The van der Waals surface area contributed by atoms with Crippen LogP contribution in [0.5, 0.6) is 5.75 Å². The fourth-order valence-corrected chi connectivity index (χ4v) is 2.19. The molecule has 0 amide bonds. The Bertz CT molecular complexity index is 405. The highest BCUT2D eigenvalue weighted by Crippen LogP contribution is 2.32. The first kappa shape index (κ1) is 16.5. The summed E-state index contributed by atoms with van der Waals surface area (Å²) in [6.45, 7) is 6.87. The molecule has 0 aliphatic carbocycles. The summed E-state index contributed by atoms with van der Waals surface area (Å²) in [7, 11) is 0. The minimum absolute atomic E-state index is 0.103. The van der Waals surface area contributed by atoms with Crippen LogP contribution in [0.3, 0.4) is 0 Å². The van der Waals surface area contributed by atoms with Crippen LogP contribution in [0.1, 0.15) is 27.2 Å². The maximum atomic E-state index is 12.2. The van der Waals surface area contributed by atoms with Crippen molar-refractivity contribution < 1.29 is 14.3 Å². The normalized spacial score (nSPS) is 13.8. The summed E-state index contributed by atoms with van der Waals surface area (Å²) < 4.78 is 10.9. The van der Waals surface area contributed by atoms with Gasteiger partial charge in [-0.3, -0.25) is 4.79 Å². The summed E-state index contributed by atoms with van der Waals surface area (Å²) in [5.41, 5.74) is 5.19. The maximum absolute atomic E-state index is 12.2. The Morgan fingerprint density at radius 1 is 1.30 bits per heavy atom. The van der Waals surface area contributed by atoms with Crippen molar-refractivity contribution in [3.63, 3.8) is 0 Å². The number of hydrogen-bond donors (Lipinski definition) is 1. The highest BCUT2D eigenvalue weighted by atomic mass is 16.5. The molecule has 0 saturated carbocycles. The summed E-state index contributed by atoms with van der Waals surface area (Å²) in [5.74, 6) is 0.672. The van der Waals surface area contributed by atoms with Crippen molar-refractivity contribution in [2.24, 2.45) is 17.1 Å². The molecule has 0 fully saturated rings. The van der Waals surface area contributed by atoms with Crippen molar-refractivity contribution in [1.29, 1.82) is 0 Å². The van der Waals surface area contributed by atoms with Gasteiger partial charge in [-0.25, -0.2) is 0 Å². The van der Waals surface area contributed by atoms with Crippen molar-refractivity contribution >= 4 is 5.97 Å². The second-order valence-corrected chi connectivity index (χ2v) is 5.15. The predicted octanol–water partition coefficient (Wildman–Crippen LogP) is 2.62. The lowest BCUT2D eigenvalue weighted by Crippen LogP contribution is -2.45. The first-order chi connectivity index (χ1) is 9.56. The van der Waals surface area contributed by atoms with Gasteiger partial charge in [0.25, 0.3) is 0 Å². The van der Waals surface area contributed by atoms with E-state index in [1.165, 1.54) is 0 Å². The van der Waals surface area contributed by atoms with E-state index in [9.17, 15) is 4.79 Å². The minimum atomic E-state index is -0.676. The predicted molar refractivity (Wildman–Crippen MR) is 79.5 cm³/mol. The molecule has 4 heteroatoms. The molecule has 1 aromatic rings. The molecule has 0 aliphatic heterocycles. The highest BCUT2D eigenvalue weighted by Gasteiger charge is 2.41. The number of para-hydroxylation sites is 1. The SMILES string of the molecule is CCOC(=O)C(CN)(CCOc1ccccc1)C(C)C. The average Bonchev–Trinajstić information content (AvgIpc) is 2.44. The van der Waals surface area contributed by atoms with E-state index in [1.807, 2.05) is 44.2 Å². The van der Waals surface area contributed by atoms with Gasteiger partial charge < -0.3 is 15.2 Å². The fraction of sp³-hybridized carbons (Fsp3) is 0.562. The number of nitrogens with two attached hydrogens (primary N) is 1. The molecule has 0 bridgehead atoms. The Hall–Kier alpha value is -1.55. The number of esters is 1. The van der Waals surface area contributed by atoms with Gasteiger partial charge in [0.1, 0.15) is 5.75 Å². The summed E-state index contributed by atoms with van der Waals surface area (Å²) in [6, 6.07) is 9.55. The van der Waals surface area contributed by atoms with Crippen LogP contribution in [0.2, 0.25) is 0 Å². The minimum Gasteiger partial charge on any atom is -0.494 e. The summed E-state index contributed by atoms with van der Waals surface area (Å²) in [6.07, 6.45) is 0.550. The second-order valence-electron chi connectivity index (χ2n) is 5.15. The van der Waals surface area contributed by atoms with E-state index in [0.29, 0.717) is 19.6 Å². The molecular weight excluding hydrogens is 254 g/mol. The van der Waals surface area contributed by atoms with Crippen LogP contribution >= 0.6 is 0 Å². The number of carbonyl (C=O) groups excluding carboxylic acids is 1. The fourth-order valence-electron chi connectivity index (χ4n) is 2.19. The van der Waals surface area contributed by atoms with Gasteiger partial charge in [-0.15, -0.1) is 0 Å². The van der Waals surface area contributed by atoms with Crippen molar-refractivity contribution in [3.8, 4) is 5.75 Å². The van der Waals surface area contributed by atoms with Crippen LogP contribution in [-0.2, 0) is 9.53 Å². The Balaban J connectivity index is 2.68. The molecule has 2 N–H and O–H groups in total. The molecule has 4 nitrogen and oxygen atoms in total. The first-order valence-corrected chi connectivity index (χ1v) is 7.12. The lowest BCUT2D eigenvalue weighted by molar-refractivity contribution is -0.158. The summed E-state index contributed by atoms with van der Waals surface area (Å²) >= 11 is 0. The van der Waals surface area contributed by atoms with Crippen LogP contribution in [-0.4, -0.2) is 25.7 Å². The van der Waals surface area contributed by atoms with Gasteiger partial charge in [0.2, 0.25) is 0 Å². The van der Waals surface area contributed by atoms with E-state index in [0.717, 1.165) is 5.75 Å². The number of hydrogen-bond acceptors (Lipinski definition) is 4. The van der Waals surface area contributed by atoms with E-state index in [4.69, 9.17) is 15.2 Å². The van der Waals surface area contributed by atoms with Gasteiger partial charge in [-0.1, -0.05) is 32.0 Å². The smallest absolute Gasteiger partial charge is 0.313 e. The van der Waals surface area contributed by atoms with E-state index in [-0.39, 0.29) is 18.4 Å². The summed E-state index contributed by atoms with van der Waals surface area (Å²) in [5, 5.41) is 0. The topological polar surface area (TPSA) is 61.5 Å². The van der Waals surface area contributed by atoms with Crippen LogP contribution in [0, 0.1) is 11.3 Å². The lowest BCUT2D eigenvalue weighted by Gasteiger charge is -2.33. The van der Waals surface area contributed by atoms with E-state index < -0.39 is 5.41 Å². The Morgan fingerprint density at radius 2 is 1.95 bits per heavy atom. The van der Waals surface area contributed by atoms with Crippen molar-refractivity contribution in [3.05, 3.63) is 30.3 Å². The molecule has 0 heterocycles. The molecule has 0 spiro atoms. The molecule has 1 aromatic carbocycles. The number of carbonyl (C=O) groups is 1. The largest absolute Gasteiger partial charge is 0.494 e. The second kappa shape index (κ2) is 7.90. The maximum Gasteiger partial charge on any atom is 0.313 e. The zero-order valence-corrected chi connectivity index (χ0v) is 12.6. The average molecular weight is 279 g/mol. The molecule has 1 unspecified atom stereocenters. The van der Waals surface area contributed by atoms with Gasteiger partial charge in [-0.05, 0) is 31.4 Å². The molecule has 20 heavy (non-hydrogen) atoms. The monoisotopic (exact) mass is 279 g/mol. The van der Waals surface area contributed by atoms with E-state index >= 15 is 0 Å². The quantitative estimate of drug-likeness (QED) is 0.743. The Labute approximate surface area is 121 Å². The van der Waals surface area contributed by atoms with E-state index in [1.54, 1.807) is 6.92 Å². The van der Waals surface area contributed by atoms with Crippen molar-refractivity contribution in [2.45, 2.75) is 27.2 Å². The molecule has 0 radical (unpaired) electrons. The van der Waals surface area contributed by atoms with E-state index in [2.05, 4.69) is 0 Å². The molecular formula is C16H25NO3. The van der Waals surface area contributed by atoms with Gasteiger partial charge in [-0.2, -0.15) is 0 Å². The molecule has 0 aromatic heterocycles. The standard InChI is InChI=1S/C16H25NO3/c1-4-19-15(18)16(12-17,13(2)3)10-11-20-14-8-6-5-7-9-14/h5-9,13H,4,10-12,17H2,1-3H3. The van der Waals surface area contributed by atoms with Gasteiger partial charge in [0.05, 0.1) is 18.6 Å². The molecule has 112 valence electrons. The molecule has 0 aliphatic rings. The lowest BCUT2D eigenvalue weighted by atomic mass is 9.74. The van der Waals surface area contributed by atoms with Crippen molar-refractivity contribution in [2.75, 3.05) is 19.8 Å². The zero-order chi connectivity index (χ0) is 15.0. The van der Waals surface area contributed by atoms with Crippen LogP contribution in [0.25, 0.3) is 0 Å². The van der Waals surface area contributed by atoms with Crippen LogP contribution in [0.15, 0.2) is 30.3 Å². The zero-order valence-electron chi connectivity index (χ0n) is 12.6. The highest BCUT2D eigenvalue weighted by molar-refractivity contribution is 5.77. The Kier molecular flexibility index (Phi) is 6.52. The number of rotatable bonds is 8. The Morgan fingerprint density at radius 3 is 2.45 bits per heavy atom. The third-order valence-electron chi connectivity index (χ3n) is 3.71. The summed E-state index contributed by atoms with van der Waals surface area (Å²) in [4.78, 5) is 12.2. The number of ether oxygens (including phenoxy) is 2. The molecule has 0 saturated heterocycles. The molecule has 1 rings (SSSR count). The van der Waals surface area contributed by atoms with Gasteiger partial charge in [0, 0.05) is 6.54 Å². The van der Waals surface area contributed by atoms with Crippen LogP contribution in [0.4, 0.5) is 0 Å².